The molecule has 1 fully saturated rings. The monoisotopic (exact) mass is 802 g/mol. The Hall–Kier alpha value is -5.84. The van der Waals surface area contributed by atoms with Gasteiger partial charge in [0.15, 0.2) is 11.6 Å². The van der Waals surface area contributed by atoms with E-state index in [9.17, 15) is 19.2 Å². The Labute approximate surface area is 336 Å². The zero-order chi connectivity index (χ0) is 42.3. The molecule has 2 aliphatic heterocycles. The van der Waals surface area contributed by atoms with Crippen molar-refractivity contribution in [2.24, 2.45) is 5.92 Å². The maximum Gasteiger partial charge on any atom is 0.424 e. The number of pyridine rings is 2. The molecular weight excluding hydrogens is 751 g/mol. The number of halogens is 1. The van der Waals surface area contributed by atoms with Gasteiger partial charge in [0, 0.05) is 66.1 Å². The van der Waals surface area contributed by atoms with Crippen molar-refractivity contribution in [3.63, 3.8) is 0 Å². The molecule has 4 amide bonds. The summed E-state index contributed by atoms with van der Waals surface area (Å²) in [5, 5.41) is 11.1. The first-order chi connectivity index (χ1) is 27.0. The molecule has 0 saturated carbocycles. The molecule has 16 nitrogen and oxygen atoms in total. The van der Waals surface area contributed by atoms with Crippen molar-refractivity contribution < 1.29 is 42.5 Å². The molecule has 310 valence electrons. The molecule has 6 rings (SSSR count). The van der Waals surface area contributed by atoms with E-state index in [0.717, 1.165) is 10.6 Å². The van der Waals surface area contributed by atoms with Crippen LogP contribution in [0.2, 0.25) is 0 Å². The van der Waals surface area contributed by atoms with Gasteiger partial charge < -0.3 is 29.2 Å². The fraction of sp³-hybridized carbons (Fsp3) is 0.488. The molecule has 0 atom stereocenters. The highest BCUT2D eigenvalue weighted by Crippen LogP contribution is 2.39. The molecule has 4 aromatic rings. The number of imide groups is 1. The number of nitrogens with one attached hydrogen (secondary N) is 2. The van der Waals surface area contributed by atoms with Crippen molar-refractivity contribution in [1.29, 1.82) is 0 Å². The Morgan fingerprint density at radius 1 is 0.897 bits per heavy atom. The summed E-state index contributed by atoms with van der Waals surface area (Å²) < 4.78 is 40.5. The molecule has 0 radical (unpaired) electrons. The second-order valence-corrected chi connectivity index (χ2v) is 17.5. The third kappa shape index (κ3) is 9.81. The molecule has 1 saturated heterocycles. The number of nitrogens with zero attached hydrogens (tertiary/aromatic N) is 6. The van der Waals surface area contributed by atoms with Gasteiger partial charge in [-0.2, -0.15) is 10.00 Å². The van der Waals surface area contributed by atoms with E-state index < -0.39 is 40.9 Å². The van der Waals surface area contributed by atoms with Gasteiger partial charge in [-0.1, -0.05) is 0 Å². The minimum Gasteiger partial charge on any atom is -0.444 e. The van der Waals surface area contributed by atoms with Gasteiger partial charge in [-0.25, -0.2) is 23.8 Å². The van der Waals surface area contributed by atoms with Gasteiger partial charge in [0.2, 0.25) is 5.91 Å². The summed E-state index contributed by atoms with van der Waals surface area (Å²) in [4.78, 5) is 64.7. The Kier molecular flexibility index (Phi) is 11.4. The smallest absolute Gasteiger partial charge is 0.424 e. The standard InChI is InChI=1S/C41H51FN8O8/c1-23-28(16-43-18-30(23)50(37(53)57-40(5,6)7)38(54)58-41(8,9)10)27-13-25-14-31(44-17-29(25)35(34(27)42)46-36(52)56-39(2,3)4)45-32-15-26-11-12-48(19-24-21-55-22-24)33(51)20-49(26)47-32/h13-18,24H,11-12,19-22H2,1-10H3,(H,46,52)(H,44,45,47). The van der Waals surface area contributed by atoms with Gasteiger partial charge in [-0.15, -0.1) is 0 Å². The Morgan fingerprint density at radius 3 is 2.16 bits per heavy atom. The molecule has 2 N–H and O–H groups in total. The van der Waals surface area contributed by atoms with Gasteiger partial charge >= 0.3 is 18.3 Å². The van der Waals surface area contributed by atoms with Crippen LogP contribution in [0.3, 0.4) is 0 Å². The minimum atomic E-state index is -1.01. The lowest BCUT2D eigenvalue weighted by Gasteiger charge is -2.31. The second kappa shape index (κ2) is 15.8. The molecule has 1 aromatic carbocycles. The van der Waals surface area contributed by atoms with E-state index in [4.69, 9.17) is 18.9 Å². The van der Waals surface area contributed by atoms with Crippen molar-refractivity contribution >= 4 is 58.0 Å². The maximum absolute atomic E-state index is 16.9. The summed E-state index contributed by atoms with van der Waals surface area (Å²) in [5.41, 5.74) is -1.69. The lowest BCUT2D eigenvalue weighted by atomic mass is 9.97. The predicted molar refractivity (Wildman–Crippen MR) is 215 cm³/mol. The summed E-state index contributed by atoms with van der Waals surface area (Å²) in [5.74, 6) is 0.308. The predicted octanol–water partition coefficient (Wildman–Crippen LogP) is 7.74. The molecule has 2 aliphatic rings. The molecule has 0 unspecified atom stereocenters. The number of hydrogen-bond donors (Lipinski definition) is 2. The van der Waals surface area contributed by atoms with Crippen LogP contribution in [0.25, 0.3) is 21.9 Å². The normalized spacial score (nSPS) is 14.9. The van der Waals surface area contributed by atoms with Crippen LogP contribution in [0, 0.1) is 18.7 Å². The number of carbonyl (C=O) groups excluding carboxylic acids is 4. The molecular formula is C41H51FN8O8. The number of amides is 4. The third-order valence-corrected chi connectivity index (χ3v) is 9.04. The van der Waals surface area contributed by atoms with Crippen LogP contribution in [0.1, 0.15) is 73.6 Å². The van der Waals surface area contributed by atoms with E-state index in [2.05, 4.69) is 25.7 Å². The SMILES string of the molecule is Cc1c(-c2cc3cc(Nc4cc5n(n4)CC(=O)N(CC4COC4)CC5)ncc3c(NC(=O)OC(C)(C)C)c2F)cncc1N(C(=O)OC(C)(C)C)C(=O)OC(C)(C)C. The van der Waals surface area contributed by atoms with Crippen LogP contribution in [-0.4, -0.2) is 91.9 Å². The Morgan fingerprint density at radius 2 is 1.55 bits per heavy atom. The molecule has 17 heteroatoms. The number of rotatable bonds is 7. The van der Waals surface area contributed by atoms with Gasteiger partial charge in [-0.3, -0.25) is 19.8 Å². The van der Waals surface area contributed by atoms with Crippen LogP contribution in [-0.2, 0) is 36.7 Å². The van der Waals surface area contributed by atoms with E-state index in [-0.39, 0.29) is 45.9 Å². The number of ether oxygens (including phenoxy) is 4. The quantitative estimate of drug-likeness (QED) is 0.174. The highest BCUT2D eigenvalue weighted by molar-refractivity contribution is 6.11. The molecule has 3 aromatic heterocycles. The first-order valence-corrected chi connectivity index (χ1v) is 19.1. The number of carbonyl (C=O) groups is 4. The van der Waals surface area contributed by atoms with Crippen LogP contribution in [0.4, 0.5) is 41.8 Å². The number of fused-ring (bicyclic) bond motifs is 2. The molecule has 0 aliphatic carbocycles. The maximum atomic E-state index is 16.9. The van der Waals surface area contributed by atoms with Crippen molar-refractivity contribution in [1.82, 2.24) is 24.6 Å². The first-order valence-electron chi connectivity index (χ1n) is 19.1. The van der Waals surface area contributed by atoms with Crippen LogP contribution in [0.5, 0.6) is 0 Å². The number of hydrogen-bond acceptors (Lipinski definition) is 12. The van der Waals surface area contributed by atoms with Crippen LogP contribution >= 0.6 is 0 Å². The number of anilines is 4. The van der Waals surface area contributed by atoms with Crippen molar-refractivity contribution in [3.05, 3.63) is 53.9 Å². The second-order valence-electron chi connectivity index (χ2n) is 17.5. The van der Waals surface area contributed by atoms with E-state index in [1.54, 1.807) is 86.1 Å². The summed E-state index contributed by atoms with van der Waals surface area (Å²) in [6.07, 6.45) is 1.79. The highest BCUT2D eigenvalue weighted by atomic mass is 19.1. The molecule has 0 spiro atoms. The summed E-state index contributed by atoms with van der Waals surface area (Å²) >= 11 is 0. The largest absolute Gasteiger partial charge is 0.444 e. The topological polar surface area (TPSA) is 179 Å². The zero-order valence-electron chi connectivity index (χ0n) is 34.6. The fourth-order valence-corrected chi connectivity index (χ4v) is 6.44. The molecule has 5 heterocycles. The Bertz CT molecular complexity index is 2220. The highest BCUT2D eigenvalue weighted by Gasteiger charge is 2.35. The summed E-state index contributed by atoms with van der Waals surface area (Å²) in [6.45, 7) is 19.3. The lowest BCUT2D eigenvalue weighted by molar-refractivity contribution is -0.135. The van der Waals surface area contributed by atoms with E-state index in [0.29, 0.717) is 55.7 Å². The zero-order valence-corrected chi connectivity index (χ0v) is 34.6. The minimum absolute atomic E-state index is 0.00237. The van der Waals surface area contributed by atoms with Crippen molar-refractivity contribution in [3.8, 4) is 11.1 Å². The average Bonchev–Trinajstić information content (AvgIpc) is 3.36. The van der Waals surface area contributed by atoms with Gasteiger partial charge in [0.25, 0.3) is 0 Å². The summed E-state index contributed by atoms with van der Waals surface area (Å²) in [6, 6.07) is 5.08. The van der Waals surface area contributed by atoms with Crippen LogP contribution in [0.15, 0.2) is 36.8 Å². The van der Waals surface area contributed by atoms with E-state index in [1.807, 2.05) is 11.0 Å². The fourth-order valence-electron chi connectivity index (χ4n) is 6.44. The van der Waals surface area contributed by atoms with Crippen molar-refractivity contribution in [2.45, 2.75) is 99.0 Å². The Balaban J connectivity index is 1.39. The van der Waals surface area contributed by atoms with E-state index in [1.165, 1.54) is 18.6 Å². The average molecular weight is 803 g/mol. The lowest BCUT2D eigenvalue weighted by Crippen LogP contribution is -2.44. The molecule has 0 bridgehead atoms. The van der Waals surface area contributed by atoms with E-state index >= 15 is 4.39 Å². The summed E-state index contributed by atoms with van der Waals surface area (Å²) in [7, 11) is 0. The van der Waals surface area contributed by atoms with Gasteiger partial charge in [0.05, 0.1) is 30.8 Å². The first kappa shape index (κ1) is 41.8. The molecule has 58 heavy (non-hydrogen) atoms. The number of aromatic nitrogens is 4. The third-order valence-electron chi connectivity index (χ3n) is 9.04. The van der Waals surface area contributed by atoms with Gasteiger partial charge in [-0.05, 0) is 92.3 Å². The number of benzene rings is 1. The van der Waals surface area contributed by atoms with Crippen LogP contribution < -0.4 is 15.5 Å². The van der Waals surface area contributed by atoms with Gasteiger partial charge in [0.1, 0.15) is 29.2 Å². The van der Waals surface area contributed by atoms with Crippen molar-refractivity contribution in [2.75, 3.05) is 41.8 Å².